The summed E-state index contributed by atoms with van der Waals surface area (Å²) in [6.07, 6.45) is 1.45. The van der Waals surface area contributed by atoms with Gasteiger partial charge in [0.05, 0.1) is 14.1 Å². The van der Waals surface area contributed by atoms with Crippen LogP contribution in [0.4, 0.5) is 0 Å². The van der Waals surface area contributed by atoms with Gasteiger partial charge >= 0.3 is 0 Å². The van der Waals surface area contributed by atoms with Crippen molar-refractivity contribution < 1.29 is 22.0 Å². The summed E-state index contributed by atoms with van der Waals surface area (Å²) in [5.41, 5.74) is 1.36. The quantitative estimate of drug-likeness (QED) is 0.558. The van der Waals surface area contributed by atoms with Gasteiger partial charge in [-0.3, -0.25) is 0 Å². The summed E-state index contributed by atoms with van der Waals surface area (Å²) in [6.45, 7) is 1.08. The Labute approximate surface area is 91.3 Å². The van der Waals surface area contributed by atoms with Crippen molar-refractivity contribution in [3.63, 3.8) is 0 Å². The fourth-order valence-electron chi connectivity index (χ4n) is 1.82. The second kappa shape index (κ2) is 4.67. The fraction of sp³-hybridized carbons (Fsp3) is 0.455. The predicted octanol–water partition coefficient (Wildman–Crippen LogP) is -2.86. The van der Waals surface area contributed by atoms with Crippen LogP contribution in [0.2, 0.25) is 0 Å². The number of benzene rings is 1. The minimum absolute atomic E-state index is 0. The maximum Gasteiger partial charge on any atom is 0.151 e. The second-order valence-electron chi connectivity index (χ2n) is 3.96. The molecule has 1 N–H and O–H groups in total. The Morgan fingerprint density at radius 1 is 1.36 bits per heavy atom. The molecule has 1 aliphatic rings. The zero-order valence-electron chi connectivity index (χ0n) is 8.59. The largest absolute Gasteiger partial charge is 1.00 e. The molecule has 0 saturated carbocycles. The molecule has 0 saturated heterocycles. The lowest BCUT2D eigenvalue weighted by Crippen LogP contribution is -3.07. The average Bonchev–Trinajstić information content (AvgIpc) is 2.44. The third kappa shape index (κ3) is 2.40. The van der Waals surface area contributed by atoms with Gasteiger partial charge in [0.1, 0.15) is 12.3 Å². The summed E-state index contributed by atoms with van der Waals surface area (Å²) in [4.78, 5) is 1.44. The number of ether oxygens (including phenoxy) is 1. The van der Waals surface area contributed by atoms with Crippen LogP contribution in [0, 0.1) is 0 Å². The Bertz CT molecular complexity index is 276. The molecule has 1 aromatic carbocycles. The van der Waals surface area contributed by atoms with Crippen LogP contribution in [0.15, 0.2) is 24.3 Å². The molecule has 0 bridgehead atoms. The summed E-state index contributed by atoms with van der Waals surface area (Å²) in [7, 11) is 4.32. The Morgan fingerprint density at radius 3 is 2.71 bits per heavy atom. The molecule has 0 radical (unpaired) electrons. The molecule has 0 aliphatic carbocycles. The molecule has 1 atom stereocenters. The topological polar surface area (TPSA) is 13.7 Å². The van der Waals surface area contributed by atoms with Gasteiger partial charge in [0.25, 0.3) is 0 Å². The molecule has 2 nitrogen and oxygen atoms in total. The number of rotatable bonds is 2. The van der Waals surface area contributed by atoms with E-state index in [-0.39, 0.29) is 12.4 Å². The lowest BCUT2D eigenvalue weighted by Gasteiger charge is -2.13. The van der Waals surface area contributed by atoms with Crippen LogP contribution < -0.4 is 22.0 Å². The van der Waals surface area contributed by atoms with Crippen molar-refractivity contribution in [1.29, 1.82) is 0 Å². The highest BCUT2D eigenvalue weighted by Crippen LogP contribution is 2.27. The molecule has 3 heteroatoms. The lowest BCUT2D eigenvalue weighted by molar-refractivity contribution is -0.861. The van der Waals surface area contributed by atoms with E-state index in [1.165, 1.54) is 10.5 Å². The van der Waals surface area contributed by atoms with Crippen LogP contribution in [-0.2, 0) is 6.42 Å². The Kier molecular flexibility index (Phi) is 3.78. The number of halogens is 1. The monoisotopic (exact) mass is 213 g/mol. The highest BCUT2D eigenvalue weighted by atomic mass is 35.5. The van der Waals surface area contributed by atoms with Crippen LogP contribution in [0.25, 0.3) is 0 Å². The number of fused-ring (bicyclic) bond motifs is 1. The standard InChI is InChI=1S/C11H15NO.ClH/c1-12(2)8-10-7-9-5-3-4-6-11(9)13-10;/h3-6,10H,7-8H2,1-2H3;1H. The van der Waals surface area contributed by atoms with E-state index in [2.05, 4.69) is 32.3 Å². The van der Waals surface area contributed by atoms with E-state index < -0.39 is 0 Å². The first kappa shape index (κ1) is 11.3. The predicted molar refractivity (Wildman–Crippen MR) is 52.2 cm³/mol. The first-order chi connectivity index (χ1) is 6.25. The fourth-order valence-corrected chi connectivity index (χ4v) is 1.82. The van der Waals surface area contributed by atoms with E-state index in [9.17, 15) is 0 Å². The van der Waals surface area contributed by atoms with E-state index in [0.717, 1.165) is 18.7 Å². The summed E-state index contributed by atoms with van der Waals surface area (Å²) >= 11 is 0. The Morgan fingerprint density at radius 2 is 2.07 bits per heavy atom. The SMILES string of the molecule is C[NH+](C)CC1Cc2ccccc2O1.[Cl-]. The van der Waals surface area contributed by atoms with Crippen LogP contribution in [0.1, 0.15) is 5.56 Å². The molecular formula is C11H16ClNO. The minimum atomic E-state index is 0. The van der Waals surface area contributed by atoms with Crippen molar-refractivity contribution in [1.82, 2.24) is 0 Å². The summed E-state index contributed by atoms with van der Waals surface area (Å²) in [5, 5.41) is 0. The Balaban J connectivity index is 0.000000980. The molecule has 1 aromatic rings. The number of para-hydroxylation sites is 1. The minimum Gasteiger partial charge on any atom is -1.00 e. The number of hydrogen-bond acceptors (Lipinski definition) is 1. The molecule has 1 aliphatic heterocycles. The molecule has 0 fully saturated rings. The smallest absolute Gasteiger partial charge is 0.151 e. The van der Waals surface area contributed by atoms with E-state index in [1.54, 1.807) is 0 Å². The first-order valence-electron chi connectivity index (χ1n) is 4.79. The summed E-state index contributed by atoms with van der Waals surface area (Å²) < 4.78 is 5.80. The van der Waals surface area contributed by atoms with Gasteiger partial charge in [-0.25, -0.2) is 0 Å². The molecule has 78 valence electrons. The van der Waals surface area contributed by atoms with Crippen molar-refractivity contribution in [2.75, 3.05) is 20.6 Å². The lowest BCUT2D eigenvalue weighted by atomic mass is 10.1. The molecule has 1 unspecified atom stereocenters. The molecule has 14 heavy (non-hydrogen) atoms. The van der Waals surface area contributed by atoms with Gasteiger partial charge < -0.3 is 22.0 Å². The molecule has 0 spiro atoms. The van der Waals surface area contributed by atoms with Crippen molar-refractivity contribution in [3.05, 3.63) is 29.8 Å². The molecule has 0 aromatic heterocycles. The van der Waals surface area contributed by atoms with Crippen LogP contribution >= 0.6 is 0 Å². The third-order valence-corrected chi connectivity index (χ3v) is 2.35. The van der Waals surface area contributed by atoms with Gasteiger partial charge in [-0.1, -0.05) is 18.2 Å². The van der Waals surface area contributed by atoms with E-state index in [4.69, 9.17) is 4.74 Å². The van der Waals surface area contributed by atoms with Crippen LogP contribution in [0.3, 0.4) is 0 Å². The maximum atomic E-state index is 5.80. The van der Waals surface area contributed by atoms with E-state index >= 15 is 0 Å². The van der Waals surface area contributed by atoms with Crippen molar-refractivity contribution >= 4 is 0 Å². The van der Waals surface area contributed by atoms with Crippen LogP contribution in [-0.4, -0.2) is 26.7 Å². The van der Waals surface area contributed by atoms with E-state index in [0.29, 0.717) is 6.10 Å². The van der Waals surface area contributed by atoms with Gasteiger partial charge in [0.2, 0.25) is 0 Å². The first-order valence-corrected chi connectivity index (χ1v) is 4.79. The number of quaternary nitrogens is 1. The highest BCUT2D eigenvalue weighted by molar-refractivity contribution is 5.37. The number of nitrogens with one attached hydrogen (secondary N) is 1. The maximum absolute atomic E-state index is 5.80. The third-order valence-electron chi connectivity index (χ3n) is 2.35. The molecule has 2 rings (SSSR count). The normalized spacial score (nSPS) is 18.6. The molecule has 0 amide bonds. The van der Waals surface area contributed by atoms with Gasteiger partial charge in [0.15, 0.2) is 6.10 Å². The zero-order valence-corrected chi connectivity index (χ0v) is 9.34. The molecule has 1 heterocycles. The van der Waals surface area contributed by atoms with Gasteiger partial charge in [-0.2, -0.15) is 0 Å². The van der Waals surface area contributed by atoms with E-state index in [1.807, 2.05) is 6.07 Å². The average molecular weight is 214 g/mol. The van der Waals surface area contributed by atoms with Crippen molar-refractivity contribution in [2.45, 2.75) is 12.5 Å². The second-order valence-corrected chi connectivity index (χ2v) is 3.96. The Hall–Kier alpha value is -0.730. The van der Waals surface area contributed by atoms with Gasteiger partial charge in [0, 0.05) is 6.42 Å². The number of likely N-dealkylation sites (N-methyl/N-ethyl adjacent to an activating group) is 1. The summed E-state index contributed by atoms with van der Waals surface area (Å²) in [6, 6.07) is 8.32. The van der Waals surface area contributed by atoms with Gasteiger partial charge in [-0.15, -0.1) is 0 Å². The van der Waals surface area contributed by atoms with Crippen molar-refractivity contribution in [3.8, 4) is 5.75 Å². The highest BCUT2D eigenvalue weighted by Gasteiger charge is 2.23. The van der Waals surface area contributed by atoms with Crippen LogP contribution in [0.5, 0.6) is 5.75 Å². The van der Waals surface area contributed by atoms with Crippen molar-refractivity contribution in [2.24, 2.45) is 0 Å². The number of hydrogen-bond donors (Lipinski definition) is 1. The molecular weight excluding hydrogens is 198 g/mol. The summed E-state index contributed by atoms with van der Waals surface area (Å²) in [5.74, 6) is 1.08. The van der Waals surface area contributed by atoms with Gasteiger partial charge in [-0.05, 0) is 11.6 Å². The zero-order chi connectivity index (χ0) is 9.26.